The maximum Gasteiger partial charge on any atom is 0.431 e. The van der Waals surface area contributed by atoms with Gasteiger partial charge in [-0.05, 0) is 18.6 Å². The van der Waals surface area contributed by atoms with E-state index in [1.165, 1.54) is 4.98 Å². The van der Waals surface area contributed by atoms with Gasteiger partial charge in [-0.2, -0.15) is 13.2 Å². The van der Waals surface area contributed by atoms with Crippen molar-refractivity contribution in [2.45, 2.75) is 13.1 Å². The molecule has 0 saturated carbocycles. The predicted octanol–water partition coefficient (Wildman–Crippen LogP) is 1.40. The molecule has 1 aromatic rings. The number of alkyl halides is 3. The minimum atomic E-state index is -4.69. The average Bonchev–Trinajstić information content (AvgIpc) is 1.99. The van der Waals surface area contributed by atoms with Gasteiger partial charge in [0, 0.05) is 0 Å². The van der Waals surface area contributed by atoms with Gasteiger partial charge in [-0.25, -0.2) is 4.79 Å². The Kier molecular flexibility index (Phi) is 2.57. The number of H-pyrrole nitrogens is 1. The first kappa shape index (κ1) is 11.3. The zero-order valence-corrected chi connectivity index (χ0v) is 7.47. The molecule has 0 spiro atoms. The molecule has 0 saturated heterocycles. The topological polar surface area (TPSA) is 70.2 Å². The van der Waals surface area contributed by atoms with Crippen LogP contribution in [-0.2, 0) is 6.18 Å². The van der Waals surface area contributed by atoms with E-state index in [9.17, 15) is 22.8 Å². The lowest BCUT2D eigenvalue weighted by molar-refractivity contribution is -0.141. The smallest absolute Gasteiger partial charge is 0.431 e. The van der Waals surface area contributed by atoms with E-state index in [1.54, 1.807) is 0 Å². The third kappa shape index (κ3) is 2.17. The number of hydrogen-bond donors (Lipinski definition) is 2. The highest BCUT2D eigenvalue weighted by Crippen LogP contribution is 2.27. The van der Waals surface area contributed by atoms with E-state index in [-0.39, 0.29) is 5.56 Å². The van der Waals surface area contributed by atoms with Crippen molar-refractivity contribution in [3.05, 3.63) is 33.2 Å². The maximum atomic E-state index is 12.2. The van der Waals surface area contributed by atoms with Gasteiger partial charge < -0.3 is 10.1 Å². The van der Waals surface area contributed by atoms with Crippen LogP contribution < -0.4 is 5.56 Å². The molecule has 1 aromatic heterocycles. The highest BCUT2D eigenvalue weighted by Gasteiger charge is 2.33. The van der Waals surface area contributed by atoms with Crippen LogP contribution >= 0.6 is 0 Å². The zero-order valence-electron chi connectivity index (χ0n) is 7.47. The van der Waals surface area contributed by atoms with Gasteiger partial charge in [-0.15, -0.1) is 0 Å². The largest absolute Gasteiger partial charge is 0.477 e. The third-order valence-electron chi connectivity index (χ3n) is 1.75. The lowest BCUT2D eigenvalue weighted by Crippen LogP contribution is -2.23. The molecule has 0 fully saturated rings. The SMILES string of the molecule is Cc1cc(C(F)(F)F)[nH]c(=O)c1C(=O)O. The second-order valence-electron chi connectivity index (χ2n) is 2.87. The lowest BCUT2D eigenvalue weighted by Gasteiger charge is -2.08. The van der Waals surface area contributed by atoms with Crippen LogP contribution in [0, 0.1) is 6.92 Å². The zero-order chi connectivity index (χ0) is 11.8. The number of halogens is 3. The van der Waals surface area contributed by atoms with Crippen LogP contribution in [0.4, 0.5) is 13.2 Å². The number of carboxylic acid groups (broad SMARTS) is 1. The number of hydrogen-bond acceptors (Lipinski definition) is 2. The first-order valence-corrected chi connectivity index (χ1v) is 3.78. The standard InChI is InChI=1S/C8H6F3NO3/c1-3-2-4(8(9,10)11)12-6(13)5(3)7(14)15/h2H,1H3,(H,12,13)(H,14,15). The summed E-state index contributed by atoms with van der Waals surface area (Å²) in [5.74, 6) is -1.55. The first-order valence-electron chi connectivity index (χ1n) is 3.78. The summed E-state index contributed by atoms with van der Waals surface area (Å²) < 4.78 is 36.5. The molecule has 0 unspecified atom stereocenters. The van der Waals surface area contributed by atoms with E-state index < -0.39 is 29.0 Å². The number of nitrogens with one attached hydrogen (secondary N) is 1. The molecular formula is C8H6F3NO3. The van der Waals surface area contributed by atoms with Crippen LogP contribution in [0.1, 0.15) is 21.6 Å². The molecule has 15 heavy (non-hydrogen) atoms. The number of aromatic carboxylic acids is 1. The summed E-state index contributed by atoms with van der Waals surface area (Å²) in [6.07, 6.45) is -4.69. The van der Waals surface area contributed by atoms with Crippen LogP contribution in [0.15, 0.2) is 10.9 Å². The Bertz CT molecular complexity index is 461. The minimum Gasteiger partial charge on any atom is -0.477 e. The fourth-order valence-corrected chi connectivity index (χ4v) is 1.11. The quantitative estimate of drug-likeness (QED) is 0.752. The van der Waals surface area contributed by atoms with Crippen molar-refractivity contribution in [3.8, 4) is 0 Å². The average molecular weight is 221 g/mol. The number of carbonyl (C=O) groups is 1. The van der Waals surface area contributed by atoms with Crippen molar-refractivity contribution < 1.29 is 23.1 Å². The van der Waals surface area contributed by atoms with Gasteiger partial charge in [0.15, 0.2) is 0 Å². The molecule has 1 rings (SSSR count). The fourth-order valence-electron chi connectivity index (χ4n) is 1.11. The number of rotatable bonds is 1. The van der Waals surface area contributed by atoms with E-state index in [0.717, 1.165) is 6.92 Å². The fraction of sp³-hybridized carbons (Fsp3) is 0.250. The first-order chi connectivity index (χ1) is 6.73. The maximum absolute atomic E-state index is 12.2. The number of aromatic amines is 1. The van der Waals surface area contributed by atoms with Gasteiger partial charge in [0.05, 0.1) is 0 Å². The number of aryl methyl sites for hydroxylation is 1. The van der Waals surface area contributed by atoms with Crippen LogP contribution in [0.3, 0.4) is 0 Å². The summed E-state index contributed by atoms with van der Waals surface area (Å²) in [6.45, 7) is 1.13. The summed E-state index contributed by atoms with van der Waals surface area (Å²) in [5.41, 5.74) is -3.41. The molecule has 0 aliphatic heterocycles. The summed E-state index contributed by atoms with van der Waals surface area (Å²) in [6, 6.07) is 0.588. The molecule has 1 heterocycles. The molecule has 0 aliphatic carbocycles. The van der Waals surface area contributed by atoms with Gasteiger partial charge in [-0.3, -0.25) is 4.79 Å². The van der Waals surface area contributed by atoms with Crippen LogP contribution in [-0.4, -0.2) is 16.1 Å². The normalized spacial score (nSPS) is 11.5. The van der Waals surface area contributed by atoms with E-state index in [4.69, 9.17) is 5.11 Å². The summed E-state index contributed by atoms with van der Waals surface area (Å²) >= 11 is 0. The van der Waals surface area contributed by atoms with E-state index in [0.29, 0.717) is 6.07 Å². The van der Waals surface area contributed by atoms with Crippen molar-refractivity contribution in [1.29, 1.82) is 0 Å². The molecule has 82 valence electrons. The van der Waals surface area contributed by atoms with Gasteiger partial charge in [0.1, 0.15) is 11.3 Å². The Morgan fingerprint density at radius 1 is 1.47 bits per heavy atom. The highest BCUT2D eigenvalue weighted by atomic mass is 19.4. The van der Waals surface area contributed by atoms with E-state index in [1.807, 2.05) is 0 Å². The monoisotopic (exact) mass is 221 g/mol. The summed E-state index contributed by atoms with van der Waals surface area (Å²) in [5, 5.41) is 8.54. The Balaban J connectivity index is 3.46. The number of pyridine rings is 1. The number of aromatic nitrogens is 1. The minimum absolute atomic E-state index is 0.224. The number of carboxylic acids is 1. The van der Waals surface area contributed by atoms with Crippen molar-refractivity contribution >= 4 is 5.97 Å². The van der Waals surface area contributed by atoms with Crippen LogP contribution in [0.2, 0.25) is 0 Å². The molecule has 0 aliphatic rings. The van der Waals surface area contributed by atoms with Gasteiger partial charge in [0.2, 0.25) is 0 Å². The molecular weight excluding hydrogens is 215 g/mol. The Labute approximate surface area is 81.4 Å². The Hall–Kier alpha value is -1.79. The molecule has 0 amide bonds. The molecule has 2 N–H and O–H groups in total. The molecule has 4 nitrogen and oxygen atoms in total. The van der Waals surface area contributed by atoms with Crippen LogP contribution in [0.25, 0.3) is 0 Å². The van der Waals surface area contributed by atoms with Crippen molar-refractivity contribution in [2.24, 2.45) is 0 Å². The van der Waals surface area contributed by atoms with E-state index in [2.05, 4.69) is 0 Å². The summed E-state index contributed by atoms with van der Waals surface area (Å²) in [4.78, 5) is 23.0. The molecule has 0 bridgehead atoms. The predicted molar refractivity (Wildman–Crippen MR) is 43.8 cm³/mol. The molecule has 0 atom stereocenters. The highest BCUT2D eigenvalue weighted by molar-refractivity contribution is 5.88. The van der Waals surface area contributed by atoms with E-state index >= 15 is 0 Å². The van der Waals surface area contributed by atoms with Crippen LogP contribution in [0.5, 0.6) is 0 Å². The Morgan fingerprint density at radius 3 is 2.33 bits per heavy atom. The van der Waals surface area contributed by atoms with Gasteiger partial charge >= 0.3 is 12.1 Å². The summed E-state index contributed by atoms with van der Waals surface area (Å²) in [7, 11) is 0. The van der Waals surface area contributed by atoms with Gasteiger partial charge in [-0.1, -0.05) is 0 Å². The lowest BCUT2D eigenvalue weighted by atomic mass is 10.1. The van der Waals surface area contributed by atoms with Crippen molar-refractivity contribution in [1.82, 2.24) is 4.98 Å². The molecule has 0 radical (unpaired) electrons. The van der Waals surface area contributed by atoms with Gasteiger partial charge in [0.25, 0.3) is 5.56 Å². The second kappa shape index (κ2) is 3.41. The Morgan fingerprint density at radius 2 is 2.00 bits per heavy atom. The molecule has 7 heteroatoms. The van der Waals surface area contributed by atoms with Crippen molar-refractivity contribution in [2.75, 3.05) is 0 Å². The third-order valence-corrected chi connectivity index (χ3v) is 1.75. The second-order valence-corrected chi connectivity index (χ2v) is 2.87. The van der Waals surface area contributed by atoms with Crippen molar-refractivity contribution in [3.63, 3.8) is 0 Å². The molecule has 0 aromatic carbocycles.